The number of rotatable bonds is 0. The molecule has 2 aromatic rings. The Balaban J connectivity index is 3.03. The number of fused-ring (bicyclic) bond motifs is 1. The van der Waals surface area contributed by atoms with E-state index in [0.29, 0.717) is 16.9 Å². The number of pyridine rings is 1. The van der Waals surface area contributed by atoms with Crippen molar-refractivity contribution in [2.75, 3.05) is 0 Å². The number of aryl methyl sites for hydroxylation is 2. The van der Waals surface area contributed by atoms with E-state index in [1.807, 2.05) is 0 Å². The molecule has 0 amide bonds. The van der Waals surface area contributed by atoms with Crippen LogP contribution in [-0.4, -0.2) is 14.5 Å². The van der Waals surface area contributed by atoms with Crippen LogP contribution in [0.1, 0.15) is 11.3 Å². The van der Waals surface area contributed by atoms with E-state index in [1.54, 1.807) is 26.1 Å². The molecule has 72 valence electrons. The standard InChI is InChI=1S/C10H10N2O2/c1-6-3-4-12-8(13)5-7(2)11-10(12)9(6)14/h3-5,14H,1-2H3. The first-order chi connectivity index (χ1) is 6.59. The van der Waals surface area contributed by atoms with Gasteiger partial charge in [0, 0.05) is 18.0 Å². The van der Waals surface area contributed by atoms with Gasteiger partial charge in [-0.3, -0.25) is 9.20 Å². The molecule has 0 saturated heterocycles. The molecule has 0 saturated carbocycles. The van der Waals surface area contributed by atoms with E-state index in [0.717, 1.165) is 0 Å². The molecular formula is C10H10N2O2. The number of aromatic nitrogens is 2. The summed E-state index contributed by atoms with van der Waals surface area (Å²) < 4.78 is 1.33. The SMILES string of the molecule is Cc1cc(=O)n2ccc(C)c(O)c2n1. The fourth-order valence-corrected chi connectivity index (χ4v) is 1.36. The molecule has 0 bridgehead atoms. The van der Waals surface area contributed by atoms with Crippen LogP contribution in [0.4, 0.5) is 0 Å². The van der Waals surface area contributed by atoms with E-state index in [4.69, 9.17) is 0 Å². The zero-order valence-corrected chi connectivity index (χ0v) is 7.98. The highest BCUT2D eigenvalue weighted by Crippen LogP contribution is 2.19. The second kappa shape index (κ2) is 2.83. The fourth-order valence-electron chi connectivity index (χ4n) is 1.36. The first kappa shape index (κ1) is 8.74. The van der Waals surface area contributed by atoms with Crippen molar-refractivity contribution in [1.82, 2.24) is 9.38 Å². The topological polar surface area (TPSA) is 54.6 Å². The van der Waals surface area contributed by atoms with Crippen LogP contribution >= 0.6 is 0 Å². The average Bonchev–Trinajstić information content (AvgIpc) is 2.12. The van der Waals surface area contributed by atoms with E-state index in [1.165, 1.54) is 10.5 Å². The van der Waals surface area contributed by atoms with Gasteiger partial charge in [0.15, 0.2) is 11.4 Å². The predicted octanol–water partition coefficient (Wildman–Crippen LogP) is 1.02. The van der Waals surface area contributed by atoms with Crippen LogP contribution in [0, 0.1) is 13.8 Å². The van der Waals surface area contributed by atoms with Crippen LogP contribution in [0.15, 0.2) is 23.1 Å². The zero-order valence-electron chi connectivity index (χ0n) is 7.98. The third-order valence-electron chi connectivity index (χ3n) is 2.14. The third-order valence-corrected chi connectivity index (χ3v) is 2.14. The summed E-state index contributed by atoms with van der Waals surface area (Å²) in [4.78, 5) is 15.6. The van der Waals surface area contributed by atoms with Gasteiger partial charge in [-0.15, -0.1) is 0 Å². The van der Waals surface area contributed by atoms with Crippen molar-refractivity contribution in [2.24, 2.45) is 0 Å². The van der Waals surface area contributed by atoms with Gasteiger partial charge in [0.1, 0.15) is 0 Å². The molecule has 0 unspecified atom stereocenters. The van der Waals surface area contributed by atoms with Gasteiger partial charge in [-0.05, 0) is 25.5 Å². The van der Waals surface area contributed by atoms with Crippen molar-refractivity contribution in [3.63, 3.8) is 0 Å². The molecule has 2 aromatic heterocycles. The van der Waals surface area contributed by atoms with Crippen molar-refractivity contribution >= 4 is 5.65 Å². The molecule has 0 aliphatic carbocycles. The van der Waals surface area contributed by atoms with Crippen molar-refractivity contribution in [3.8, 4) is 5.75 Å². The van der Waals surface area contributed by atoms with Crippen molar-refractivity contribution < 1.29 is 5.11 Å². The Kier molecular flexibility index (Phi) is 1.77. The average molecular weight is 190 g/mol. The molecule has 0 atom stereocenters. The molecule has 0 fully saturated rings. The number of hydrogen-bond donors (Lipinski definition) is 1. The normalized spacial score (nSPS) is 10.7. The lowest BCUT2D eigenvalue weighted by atomic mass is 10.2. The van der Waals surface area contributed by atoms with E-state index in [-0.39, 0.29) is 11.3 Å². The van der Waals surface area contributed by atoms with Crippen molar-refractivity contribution in [1.29, 1.82) is 0 Å². The maximum Gasteiger partial charge on any atom is 0.258 e. The summed E-state index contributed by atoms with van der Waals surface area (Å²) in [5.41, 5.74) is 1.45. The molecule has 14 heavy (non-hydrogen) atoms. The highest BCUT2D eigenvalue weighted by atomic mass is 16.3. The minimum atomic E-state index is -0.178. The molecule has 0 aliphatic heterocycles. The molecule has 0 aromatic carbocycles. The highest BCUT2D eigenvalue weighted by molar-refractivity contribution is 5.56. The second-order valence-corrected chi connectivity index (χ2v) is 3.28. The molecule has 4 nitrogen and oxygen atoms in total. The summed E-state index contributed by atoms with van der Waals surface area (Å²) >= 11 is 0. The minimum Gasteiger partial charge on any atom is -0.504 e. The van der Waals surface area contributed by atoms with Gasteiger partial charge in [0.25, 0.3) is 5.56 Å². The molecule has 2 rings (SSSR count). The summed E-state index contributed by atoms with van der Waals surface area (Å²) in [6, 6.07) is 3.11. The first-order valence-electron chi connectivity index (χ1n) is 4.28. The molecule has 2 heterocycles. The minimum absolute atomic E-state index is 0.0632. The molecular weight excluding hydrogens is 180 g/mol. The molecule has 1 N–H and O–H groups in total. The Morgan fingerprint density at radius 3 is 2.86 bits per heavy atom. The van der Waals surface area contributed by atoms with Gasteiger partial charge in [0.05, 0.1) is 0 Å². The summed E-state index contributed by atoms with van der Waals surface area (Å²) in [5, 5.41) is 9.68. The van der Waals surface area contributed by atoms with Crippen LogP contribution in [0.2, 0.25) is 0 Å². The van der Waals surface area contributed by atoms with Crippen molar-refractivity contribution in [3.05, 3.63) is 39.9 Å². The zero-order chi connectivity index (χ0) is 10.3. The first-order valence-corrected chi connectivity index (χ1v) is 4.28. The van der Waals surface area contributed by atoms with Crippen LogP contribution in [0.3, 0.4) is 0 Å². The van der Waals surface area contributed by atoms with Gasteiger partial charge in [-0.1, -0.05) is 0 Å². The van der Waals surface area contributed by atoms with Crippen molar-refractivity contribution in [2.45, 2.75) is 13.8 Å². The fraction of sp³-hybridized carbons (Fsp3) is 0.200. The Labute approximate surface area is 80.5 Å². The summed E-state index contributed by atoms with van der Waals surface area (Å²) in [6.07, 6.45) is 1.61. The summed E-state index contributed by atoms with van der Waals surface area (Å²) in [5.74, 6) is 0.0632. The smallest absolute Gasteiger partial charge is 0.258 e. The number of nitrogens with zero attached hydrogens (tertiary/aromatic N) is 2. The van der Waals surface area contributed by atoms with Crippen LogP contribution < -0.4 is 5.56 Å². The molecule has 4 heteroatoms. The van der Waals surface area contributed by atoms with E-state index >= 15 is 0 Å². The second-order valence-electron chi connectivity index (χ2n) is 3.28. The lowest BCUT2D eigenvalue weighted by Gasteiger charge is -2.04. The summed E-state index contributed by atoms with van der Waals surface area (Å²) in [6.45, 7) is 3.49. The molecule has 0 spiro atoms. The Morgan fingerprint density at radius 2 is 2.14 bits per heavy atom. The lowest BCUT2D eigenvalue weighted by Crippen LogP contribution is -2.14. The lowest BCUT2D eigenvalue weighted by molar-refractivity contribution is 0.472. The Hall–Kier alpha value is -1.84. The van der Waals surface area contributed by atoms with Crippen LogP contribution in [0.25, 0.3) is 5.65 Å². The van der Waals surface area contributed by atoms with E-state index < -0.39 is 0 Å². The molecule has 0 aliphatic rings. The Morgan fingerprint density at radius 1 is 1.43 bits per heavy atom. The highest BCUT2D eigenvalue weighted by Gasteiger charge is 2.06. The molecule has 0 radical (unpaired) electrons. The number of aromatic hydroxyl groups is 1. The van der Waals surface area contributed by atoms with E-state index in [2.05, 4.69) is 4.98 Å². The third kappa shape index (κ3) is 1.16. The number of hydrogen-bond acceptors (Lipinski definition) is 3. The summed E-state index contributed by atoms with van der Waals surface area (Å²) in [7, 11) is 0. The van der Waals surface area contributed by atoms with Gasteiger partial charge in [0.2, 0.25) is 0 Å². The van der Waals surface area contributed by atoms with Gasteiger partial charge < -0.3 is 5.11 Å². The Bertz CT molecular complexity index is 558. The van der Waals surface area contributed by atoms with Gasteiger partial charge >= 0.3 is 0 Å². The quantitative estimate of drug-likeness (QED) is 0.674. The monoisotopic (exact) mass is 190 g/mol. The van der Waals surface area contributed by atoms with Gasteiger partial charge in [-0.25, -0.2) is 4.98 Å². The maximum atomic E-state index is 11.5. The van der Waals surface area contributed by atoms with Crippen LogP contribution in [0.5, 0.6) is 5.75 Å². The predicted molar refractivity (Wildman–Crippen MR) is 52.6 cm³/mol. The maximum absolute atomic E-state index is 11.5. The van der Waals surface area contributed by atoms with Gasteiger partial charge in [-0.2, -0.15) is 0 Å². The van der Waals surface area contributed by atoms with E-state index in [9.17, 15) is 9.90 Å². The largest absolute Gasteiger partial charge is 0.504 e. The van der Waals surface area contributed by atoms with Crippen LogP contribution in [-0.2, 0) is 0 Å².